The van der Waals surface area contributed by atoms with Crippen molar-refractivity contribution in [2.45, 2.75) is 32.1 Å². The summed E-state index contributed by atoms with van der Waals surface area (Å²) >= 11 is 12.3. The first-order valence-electron chi connectivity index (χ1n) is 12.0. The van der Waals surface area contributed by atoms with E-state index in [0.717, 1.165) is 39.1 Å². The van der Waals surface area contributed by atoms with E-state index >= 15 is 0 Å². The van der Waals surface area contributed by atoms with Crippen LogP contribution in [0, 0.1) is 12.8 Å². The van der Waals surface area contributed by atoms with Crippen molar-refractivity contribution in [3.8, 4) is 0 Å². The van der Waals surface area contributed by atoms with Crippen molar-refractivity contribution in [3.05, 3.63) is 93.9 Å². The Hall–Kier alpha value is -2.27. The van der Waals surface area contributed by atoms with Crippen molar-refractivity contribution in [2.75, 3.05) is 32.7 Å². The van der Waals surface area contributed by atoms with Crippen LogP contribution in [0.3, 0.4) is 0 Å². The number of halogens is 2. The molecule has 3 aromatic rings. The van der Waals surface area contributed by atoms with Gasteiger partial charge in [-0.1, -0.05) is 59.6 Å². The van der Waals surface area contributed by atoms with Gasteiger partial charge in [-0.05, 0) is 80.4 Å². The number of aryl methyl sites for hydroxylation is 1. The summed E-state index contributed by atoms with van der Waals surface area (Å²) in [6.07, 6.45) is 6.87. The second kappa shape index (κ2) is 11.9. The van der Waals surface area contributed by atoms with Crippen molar-refractivity contribution in [2.24, 2.45) is 5.92 Å². The van der Waals surface area contributed by atoms with E-state index in [1.165, 1.54) is 24.0 Å². The summed E-state index contributed by atoms with van der Waals surface area (Å²) in [4.78, 5) is 17.3. The average molecular weight is 499 g/mol. The van der Waals surface area contributed by atoms with Gasteiger partial charge in [-0.2, -0.15) is 0 Å². The molecule has 0 aliphatic carbocycles. The molecule has 34 heavy (non-hydrogen) atoms. The summed E-state index contributed by atoms with van der Waals surface area (Å²) in [6, 6.07) is 18.0. The molecule has 2 aromatic carbocycles. The molecule has 1 unspecified atom stereocenters. The SMILES string of the molecule is Cc1ccoc1.O=C(c1cccc(Cl)c1Cl)N1CCC(CN2CCC(c3ccccc3)CC2)C1. The van der Waals surface area contributed by atoms with E-state index in [2.05, 4.69) is 35.2 Å². The van der Waals surface area contributed by atoms with Crippen LogP contribution in [0.2, 0.25) is 10.0 Å². The molecule has 0 spiro atoms. The first-order chi connectivity index (χ1) is 16.5. The third-order valence-electron chi connectivity index (χ3n) is 6.79. The van der Waals surface area contributed by atoms with Crippen LogP contribution < -0.4 is 0 Å². The van der Waals surface area contributed by atoms with Crippen LogP contribution in [0.15, 0.2) is 71.5 Å². The summed E-state index contributed by atoms with van der Waals surface area (Å²) in [6.45, 7) is 6.96. The lowest BCUT2D eigenvalue weighted by atomic mass is 9.89. The van der Waals surface area contributed by atoms with Crippen molar-refractivity contribution in [3.63, 3.8) is 0 Å². The van der Waals surface area contributed by atoms with Crippen LogP contribution >= 0.6 is 23.2 Å². The van der Waals surface area contributed by atoms with Gasteiger partial charge in [0, 0.05) is 19.6 Å². The van der Waals surface area contributed by atoms with Gasteiger partial charge in [-0.25, -0.2) is 0 Å². The Morgan fingerprint density at radius 2 is 1.74 bits per heavy atom. The zero-order valence-electron chi connectivity index (χ0n) is 19.6. The van der Waals surface area contributed by atoms with E-state index in [9.17, 15) is 4.79 Å². The second-order valence-corrected chi connectivity index (χ2v) is 10.1. The molecular weight excluding hydrogens is 467 g/mol. The van der Waals surface area contributed by atoms with E-state index in [1.807, 2.05) is 17.9 Å². The number of carbonyl (C=O) groups excluding carboxylic acids is 1. The molecule has 0 saturated carbocycles. The summed E-state index contributed by atoms with van der Waals surface area (Å²) in [5, 5.41) is 0.796. The maximum atomic E-state index is 12.8. The van der Waals surface area contributed by atoms with E-state index in [1.54, 1.807) is 30.7 Å². The maximum absolute atomic E-state index is 12.8. The Kier molecular flexibility index (Phi) is 8.71. The number of likely N-dealkylation sites (tertiary alicyclic amines) is 2. The molecule has 1 amide bonds. The minimum absolute atomic E-state index is 0.00205. The third-order valence-corrected chi connectivity index (χ3v) is 7.61. The van der Waals surface area contributed by atoms with Crippen LogP contribution in [0.1, 0.15) is 46.7 Å². The van der Waals surface area contributed by atoms with Gasteiger partial charge >= 0.3 is 0 Å². The molecule has 2 fully saturated rings. The number of carbonyl (C=O) groups is 1. The van der Waals surface area contributed by atoms with E-state index in [4.69, 9.17) is 27.6 Å². The Labute approximate surface area is 212 Å². The van der Waals surface area contributed by atoms with Gasteiger partial charge in [0.05, 0.1) is 28.1 Å². The van der Waals surface area contributed by atoms with Crippen LogP contribution in [0.25, 0.3) is 0 Å². The quantitative estimate of drug-likeness (QED) is 0.391. The van der Waals surface area contributed by atoms with Gasteiger partial charge in [-0.3, -0.25) is 4.79 Å². The zero-order chi connectivity index (χ0) is 23.9. The molecule has 0 radical (unpaired) electrons. The summed E-state index contributed by atoms with van der Waals surface area (Å²) in [5.74, 6) is 1.22. The fraction of sp³-hybridized carbons (Fsp3) is 0.393. The first-order valence-corrected chi connectivity index (χ1v) is 12.8. The van der Waals surface area contributed by atoms with Crippen LogP contribution in [-0.4, -0.2) is 48.4 Å². The number of nitrogens with zero attached hydrogens (tertiary/aromatic N) is 2. The van der Waals surface area contributed by atoms with Crippen molar-refractivity contribution < 1.29 is 9.21 Å². The number of hydrogen-bond donors (Lipinski definition) is 0. The normalized spacial score (nSPS) is 19.0. The summed E-state index contributed by atoms with van der Waals surface area (Å²) in [5.41, 5.74) is 3.16. The molecular formula is C28H32Cl2N2O2. The predicted octanol–water partition coefficient (Wildman–Crippen LogP) is 6.92. The largest absolute Gasteiger partial charge is 0.472 e. The fourth-order valence-electron chi connectivity index (χ4n) is 4.88. The molecule has 0 bridgehead atoms. The summed E-state index contributed by atoms with van der Waals surface area (Å²) in [7, 11) is 0. The number of amides is 1. The highest BCUT2D eigenvalue weighted by Crippen LogP contribution is 2.31. The van der Waals surface area contributed by atoms with Crippen LogP contribution in [-0.2, 0) is 0 Å². The van der Waals surface area contributed by atoms with Gasteiger partial charge in [0.1, 0.15) is 0 Å². The minimum atomic E-state index is -0.00205. The molecule has 2 aliphatic heterocycles. The van der Waals surface area contributed by atoms with E-state index in [0.29, 0.717) is 27.4 Å². The summed E-state index contributed by atoms with van der Waals surface area (Å²) < 4.78 is 4.71. The fourth-order valence-corrected chi connectivity index (χ4v) is 5.26. The van der Waals surface area contributed by atoms with E-state index in [-0.39, 0.29) is 5.91 Å². The minimum Gasteiger partial charge on any atom is -0.472 e. The Morgan fingerprint density at radius 3 is 2.38 bits per heavy atom. The number of piperidine rings is 1. The molecule has 6 heteroatoms. The molecule has 2 aliphatic rings. The lowest BCUT2D eigenvalue weighted by Gasteiger charge is -2.33. The molecule has 0 N–H and O–H groups in total. The van der Waals surface area contributed by atoms with E-state index < -0.39 is 0 Å². The molecule has 5 rings (SSSR count). The Bertz CT molecular complexity index is 1050. The number of rotatable bonds is 4. The number of furan rings is 1. The Balaban J connectivity index is 0.000000398. The lowest BCUT2D eigenvalue weighted by Crippen LogP contribution is -2.37. The molecule has 2 saturated heterocycles. The van der Waals surface area contributed by atoms with Crippen LogP contribution in [0.4, 0.5) is 0 Å². The maximum Gasteiger partial charge on any atom is 0.255 e. The van der Waals surface area contributed by atoms with Crippen molar-refractivity contribution >= 4 is 29.1 Å². The van der Waals surface area contributed by atoms with Crippen molar-refractivity contribution in [1.29, 1.82) is 0 Å². The van der Waals surface area contributed by atoms with Gasteiger partial charge in [0.2, 0.25) is 0 Å². The molecule has 1 aromatic heterocycles. The van der Waals surface area contributed by atoms with Gasteiger partial charge in [0.15, 0.2) is 0 Å². The standard InChI is InChI=1S/C23H26Cl2N2O.C5H6O/c24-21-8-4-7-20(22(21)25)23(28)27-14-9-17(16-27)15-26-12-10-19(11-13-26)18-5-2-1-3-6-18;1-5-2-3-6-4-5/h1-8,17,19H,9-16H2;2-4H,1H3. The molecule has 4 nitrogen and oxygen atoms in total. The van der Waals surface area contributed by atoms with Crippen molar-refractivity contribution in [1.82, 2.24) is 9.80 Å². The first kappa shape index (κ1) is 24.8. The van der Waals surface area contributed by atoms with Gasteiger partial charge < -0.3 is 14.2 Å². The predicted molar refractivity (Wildman–Crippen MR) is 139 cm³/mol. The number of hydrogen-bond acceptors (Lipinski definition) is 3. The lowest BCUT2D eigenvalue weighted by molar-refractivity contribution is 0.0782. The Morgan fingerprint density at radius 1 is 0.971 bits per heavy atom. The third kappa shape index (κ3) is 6.44. The highest BCUT2D eigenvalue weighted by Gasteiger charge is 2.30. The van der Waals surface area contributed by atoms with Gasteiger partial charge in [-0.15, -0.1) is 0 Å². The molecule has 180 valence electrons. The van der Waals surface area contributed by atoms with Crippen LogP contribution in [0.5, 0.6) is 0 Å². The smallest absolute Gasteiger partial charge is 0.255 e. The average Bonchev–Trinajstić information content (AvgIpc) is 3.54. The second-order valence-electron chi connectivity index (χ2n) is 9.29. The van der Waals surface area contributed by atoms with Gasteiger partial charge in [0.25, 0.3) is 5.91 Å². The molecule has 1 atom stereocenters. The molecule has 3 heterocycles. The highest BCUT2D eigenvalue weighted by atomic mass is 35.5. The monoisotopic (exact) mass is 498 g/mol. The topological polar surface area (TPSA) is 36.7 Å². The zero-order valence-corrected chi connectivity index (χ0v) is 21.1. The highest BCUT2D eigenvalue weighted by molar-refractivity contribution is 6.43. The number of benzene rings is 2.